The third kappa shape index (κ3) is 1.85. The van der Waals surface area contributed by atoms with Crippen molar-refractivity contribution in [3.05, 3.63) is 23.0 Å². The van der Waals surface area contributed by atoms with E-state index >= 15 is 0 Å². The summed E-state index contributed by atoms with van der Waals surface area (Å²) >= 11 is 5.44. The first-order chi connectivity index (χ1) is 8.67. The first-order valence-electron chi connectivity index (χ1n) is 6.44. The minimum atomic E-state index is 0.483. The predicted molar refractivity (Wildman–Crippen MR) is 75.6 cm³/mol. The average Bonchev–Trinajstić information content (AvgIpc) is 3.10. The standard InChI is InChI=1S/C14H18N2OS/c1-3-14(6-7-14)9-16-12-8-10(17-2)4-5-11(12)15-13(16)18/h4-5,8H,3,6-7,9H2,1-2H3,(H,15,18). The molecule has 0 saturated heterocycles. The van der Waals surface area contributed by atoms with Gasteiger partial charge in [-0.15, -0.1) is 0 Å². The molecule has 18 heavy (non-hydrogen) atoms. The fourth-order valence-electron chi connectivity index (χ4n) is 2.55. The van der Waals surface area contributed by atoms with E-state index in [1.165, 1.54) is 19.3 Å². The molecule has 0 radical (unpaired) electrons. The molecule has 1 aliphatic rings. The highest BCUT2D eigenvalue weighted by molar-refractivity contribution is 7.71. The van der Waals surface area contributed by atoms with Crippen LogP contribution in [0.15, 0.2) is 18.2 Å². The second-order valence-electron chi connectivity index (χ2n) is 5.25. The number of fused-ring (bicyclic) bond motifs is 1. The van der Waals surface area contributed by atoms with E-state index in [9.17, 15) is 0 Å². The summed E-state index contributed by atoms with van der Waals surface area (Å²) in [5.41, 5.74) is 2.72. The number of H-pyrrole nitrogens is 1. The van der Waals surface area contributed by atoms with Gasteiger partial charge in [-0.05, 0) is 49.0 Å². The molecular formula is C14H18N2OS. The Balaban J connectivity index is 2.09. The molecule has 0 atom stereocenters. The molecule has 1 saturated carbocycles. The third-order valence-electron chi connectivity index (χ3n) is 4.18. The zero-order valence-electron chi connectivity index (χ0n) is 10.8. The van der Waals surface area contributed by atoms with E-state index < -0.39 is 0 Å². The summed E-state index contributed by atoms with van der Waals surface area (Å²) in [4.78, 5) is 3.28. The normalized spacial score (nSPS) is 17.0. The van der Waals surface area contributed by atoms with Crippen LogP contribution in [0.25, 0.3) is 11.0 Å². The van der Waals surface area contributed by atoms with Crippen LogP contribution in [-0.2, 0) is 6.54 Å². The summed E-state index contributed by atoms with van der Waals surface area (Å²) in [5.74, 6) is 0.881. The van der Waals surface area contributed by atoms with Crippen LogP contribution < -0.4 is 4.74 Å². The van der Waals surface area contributed by atoms with Gasteiger partial charge in [0.1, 0.15) is 5.75 Å². The predicted octanol–water partition coefficient (Wildman–Crippen LogP) is 3.90. The van der Waals surface area contributed by atoms with Crippen molar-refractivity contribution in [2.45, 2.75) is 32.7 Å². The second kappa shape index (κ2) is 4.12. The van der Waals surface area contributed by atoms with Gasteiger partial charge in [-0.25, -0.2) is 0 Å². The molecule has 3 nitrogen and oxygen atoms in total. The highest BCUT2D eigenvalue weighted by atomic mass is 32.1. The number of nitrogens with one attached hydrogen (secondary N) is 1. The van der Waals surface area contributed by atoms with Crippen LogP contribution in [0.5, 0.6) is 5.75 Å². The number of ether oxygens (including phenoxy) is 1. The molecule has 0 aliphatic heterocycles. The highest BCUT2D eigenvalue weighted by Gasteiger charge is 2.41. The minimum absolute atomic E-state index is 0.483. The maximum Gasteiger partial charge on any atom is 0.178 e. The first kappa shape index (κ1) is 11.8. The number of methoxy groups -OCH3 is 1. The number of imidazole rings is 1. The lowest BCUT2D eigenvalue weighted by Crippen LogP contribution is -2.10. The minimum Gasteiger partial charge on any atom is -0.497 e. The molecule has 1 fully saturated rings. The molecular weight excluding hydrogens is 244 g/mol. The van der Waals surface area contributed by atoms with Crippen molar-refractivity contribution in [1.29, 1.82) is 0 Å². The van der Waals surface area contributed by atoms with Gasteiger partial charge < -0.3 is 14.3 Å². The van der Waals surface area contributed by atoms with Gasteiger partial charge >= 0.3 is 0 Å². The van der Waals surface area contributed by atoms with Crippen molar-refractivity contribution in [2.24, 2.45) is 5.41 Å². The van der Waals surface area contributed by atoms with Gasteiger partial charge in [0.2, 0.25) is 0 Å². The molecule has 4 heteroatoms. The fraction of sp³-hybridized carbons (Fsp3) is 0.500. The van der Waals surface area contributed by atoms with Gasteiger partial charge in [-0.1, -0.05) is 6.92 Å². The van der Waals surface area contributed by atoms with Gasteiger partial charge in [-0.3, -0.25) is 0 Å². The van der Waals surface area contributed by atoms with E-state index in [0.717, 1.165) is 28.1 Å². The fourth-order valence-corrected chi connectivity index (χ4v) is 2.83. The Bertz CT molecular complexity index is 637. The monoisotopic (exact) mass is 262 g/mol. The van der Waals surface area contributed by atoms with Crippen LogP contribution in [0.2, 0.25) is 0 Å². The number of rotatable bonds is 4. The summed E-state index contributed by atoms with van der Waals surface area (Å²) in [6.07, 6.45) is 3.87. The molecule has 0 bridgehead atoms. The zero-order chi connectivity index (χ0) is 12.8. The molecule has 3 rings (SSSR count). The summed E-state index contributed by atoms with van der Waals surface area (Å²) in [7, 11) is 1.70. The van der Waals surface area contributed by atoms with E-state index in [1.54, 1.807) is 7.11 Å². The lowest BCUT2D eigenvalue weighted by Gasteiger charge is -2.14. The van der Waals surface area contributed by atoms with Crippen molar-refractivity contribution < 1.29 is 4.74 Å². The molecule has 1 aliphatic carbocycles. The van der Waals surface area contributed by atoms with E-state index in [-0.39, 0.29) is 0 Å². The van der Waals surface area contributed by atoms with Crippen LogP contribution in [0, 0.1) is 10.2 Å². The van der Waals surface area contributed by atoms with Gasteiger partial charge in [-0.2, -0.15) is 0 Å². The van der Waals surface area contributed by atoms with Crippen molar-refractivity contribution in [3.63, 3.8) is 0 Å². The Hall–Kier alpha value is -1.29. The number of hydrogen-bond acceptors (Lipinski definition) is 2. The molecule has 96 valence electrons. The van der Waals surface area contributed by atoms with Crippen molar-refractivity contribution in [2.75, 3.05) is 7.11 Å². The Morgan fingerprint density at radius 1 is 1.44 bits per heavy atom. The molecule has 2 aromatic rings. The van der Waals surface area contributed by atoms with Gasteiger partial charge in [0.15, 0.2) is 4.77 Å². The van der Waals surface area contributed by atoms with Gasteiger partial charge in [0.05, 0.1) is 18.1 Å². The molecule has 1 N–H and O–H groups in total. The van der Waals surface area contributed by atoms with Crippen LogP contribution in [0.1, 0.15) is 26.2 Å². The number of nitrogens with zero attached hydrogens (tertiary/aromatic N) is 1. The smallest absolute Gasteiger partial charge is 0.178 e. The Morgan fingerprint density at radius 2 is 2.22 bits per heavy atom. The first-order valence-corrected chi connectivity index (χ1v) is 6.85. The molecule has 1 aromatic carbocycles. The number of benzene rings is 1. The van der Waals surface area contributed by atoms with Crippen molar-refractivity contribution >= 4 is 23.3 Å². The molecule has 0 spiro atoms. The Labute approximate surface area is 112 Å². The van der Waals surface area contributed by atoms with E-state index in [4.69, 9.17) is 17.0 Å². The Morgan fingerprint density at radius 3 is 2.83 bits per heavy atom. The highest BCUT2D eigenvalue weighted by Crippen LogP contribution is 2.50. The topological polar surface area (TPSA) is 29.9 Å². The summed E-state index contributed by atoms with van der Waals surface area (Å²) in [6.45, 7) is 3.29. The maximum absolute atomic E-state index is 5.44. The molecule has 1 aromatic heterocycles. The summed E-state index contributed by atoms with van der Waals surface area (Å²) in [5, 5.41) is 0. The number of hydrogen-bond donors (Lipinski definition) is 1. The van der Waals surface area contributed by atoms with Crippen LogP contribution >= 0.6 is 12.2 Å². The van der Waals surface area contributed by atoms with Gasteiger partial charge in [0, 0.05) is 12.6 Å². The van der Waals surface area contributed by atoms with Crippen LogP contribution in [0.3, 0.4) is 0 Å². The van der Waals surface area contributed by atoms with Crippen molar-refractivity contribution in [1.82, 2.24) is 9.55 Å². The number of aromatic amines is 1. The quantitative estimate of drug-likeness (QED) is 0.847. The third-order valence-corrected chi connectivity index (χ3v) is 4.51. The van der Waals surface area contributed by atoms with Crippen LogP contribution in [-0.4, -0.2) is 16.7 Å². The second-order valence-corrected chi connectivity index (χ2v) is 5.64. The molecule has 0 unspecified atom stereocenters. The maximum atomic E-state index is 5.44. The lowest BCUT2D eigenvalue weighted by atomic mass is 10.0. The zero-order valence-corrected chi connectivity index (χ0v) is 11.6. The SMILES string of the molecule is CCC1(Cn2c(=S)[nH]c3ccc(OC)cc32)CC1. The Kier molecular flexibility index (Phi) is 2.70. The molecule has 0 amide bonds. The molecule has 1 heterocycles. The van der Waals surface area contributed by atoms with E-state index in [2.05, 4.69) is 22.5 Å². The summed E-state index contributed by atoms with van der Waals surface area (Å²) < 4.78 is 8.34. The summed E-state index contributed by atoms with van der Waals surface area (Å²) in [6, 6.07) is 6.06. The average molecular weight is 262 g/mol. The number of aromatic nitrogens is 2. The largest absolute Gasteiger partial charge is 0.497 e. The van der Waals surface area contributed by atoms with E-state index in [1.807, 2.05) is 12.1 Å². The lowest BCUT2D eigenvalue weighted by molar-refractivity contribution is 0.408. The van der Waals surface area contributed by atoms with E-state index in [0.29, 0.717) is 5.41 Å². The van der Waals surface area contributed by atoms with Crippen LogP contribution in [0.4, 0.5) is 0 Å². The van der Waals surface area contributed by atoms with Crippen molar-refractivity contribution in [3.8, 4) is 5.75 Å². The van der Waals surface area contributed by atoms with Gasteiger partial charge in [0.25, 0.3) is 0 Å².